The van der Waals surface area contributed by atoms with E-state index in [9.17, 15) is 0 Å². The molecule has 2 aromatic carbocycles. The first-order valence-electron chi connectivity index (χ1n) is 7.29. The highest BCUT2D eigenvalue weighted by Gasteiger charge is 1.95. The molecule has 2 aromatic rings. The summed E-state index contributed by atoms with van der Waals surface area (Å²) in [7, 11) is 0. The van der Waals surface area contributed by atoms with E-state index in [1.165, 1.54) is 0 Å². The van der Waals surface area contributed by atoms with Gasteiger partial charge in [0, 0.05) is 11.1 Å². The van der Waals surface area contributed by atoms with E-state index in [2.05, 4.69) is 58.8 Å². The maximum Gasteiger partial charge on any atom is 0.0328 e. The lowest BCUT2D eigenvalue weighted by atomic mass is 10.1. The molecule has 0 amide bonds. The molecule has 23 heavy (non-hydrogen) atoms. The second-order valence-electron chi connectivity index (χ2n) is 4.80. The minimum atomic E-state index is 0.986. The van der Waals surface area contributed by atoms with Gasteiger partial charge in [-0.05, 0) is 52.0 Å². The van der Waals surface area contributed by atoms with Crippen LogP contribution in [0.15, 0.2) is 71.5 Å². The molecule has 0 fully saturated rings. The lowest BCUT2D eigenvalue weighted by molar-refractivity contribution is 1.60. The van der Waals surface area contributed by atoms with Crippen molar-refractivity contribution in [2.45, 2.75) is 0 Å². The second kappa shape index (κ2) is 7.95. The monoisotopic (exact) mass is 310 g/mol. The minimum absolute atomic E-state index is 0.986. The van der Waals surface area contributed by atoms with Crippen molar-refractivity contribution in [2.75, 3.05) is 0 Å². The largest absolute Gasteiger partial charge is 0.106 e. The third kappa shape index (κ3) is 4.30. The van der Waals surface area contributed by atoms with Crippen LogP contribution in [0.2, 0.25) is 0 Å². The van der Waals surface area contributed by atoms with Gasteiger partial charge in [-0.1, -0.05) is 66.5 Å². The maximum absolute atomic E-state index is 3.14. The molecule has 0 nitrogen and oxygen atoms in total. The van der Waals surface area contributed by atoms with Crippen LogP contribution in [0.4, 0.5) is 0 Å². The van der Waals surface area contributed by atoms with Crippen LogP contribution in [-0.2, 0) is 0 Å². The highest BCUT2D eigenvalue weighted by molar-refractivity contribution is 8.05. The van der Waals surface area contributed by atoms with Gasteiger partial charge < -0.3 is 0 Å². The molecule has 1 aliphatic heterocycles. The molecule has 108 valence electrons. The van der Waals surface area contributed by atoms with Gasteiger partial charge in [0.25, 0.3) is 0 Å². The molecule has 1 heteroatoms. The van der Waals surface area contributed by atoms with Gasteiger partial charge in [0.15, 0.2) is 0 Å². The van der Waals surface area contributed by atoms with Crippen LogP contribution < -0.4 is 0 Å². The Morgan fingerprint density at radius 2 is 1.22 bits per heavy atom. The summed E-state index contributed by atoms with van der Waals surface area (Å²) >= 11 is 1.64. The van der Waals surface area contributed by atoms with Gasteiger partial charge in [-0.25, -0.2) is 0 Å². The van der Waals surface area contributed by atoms with Crippen LogP contribution >= 0.6 is 11.8 Å². The predicted molar refractivity (Wildman–Crippen MR) is 101 cm³/mol. The first-order valence-corrected chi connectivity index (χ1v) is 8.23. The zero-order chi connectivity index (χ0) is 15.7. The Labute approximate surface area is 141 Å². The van der Waals surface area contributed by atoms with Crippen molar-refractivity contribution in [2.24, 2.45) is 0 Å². The van der Waals surface area contributed by atoms with Gasteiger partial charge in [0.2, 0.25) is 0 Å². The van der Waals surface area contributed by atoms with Crippen LogP contribution in [0.3, 0.4) is 0 Å². The van der Waals surface area contributed by atoms with Crippen molar-refractivity contribution < 1.29 is 0 Å². The standard InChI is InChI=1S/C22H14S/c1-2-11-20-15-7-8-17-23-18-16-22-14-6-5-13-21(22)12-4-3-10-19(20)9-1/h1-2,5-9,11,13-18H. The van der Waals surface area contributed by atoms with Crippen LogP contribution in [0.25, 0.3) is 12.2 Å². The zero-order valence-electron chi connectivity index (χ0n) is 12.5. The SMILES string of the molecule is C1#Cc2ccccc2C=CC=CSC=Cc2ccccc2C#C1. The Kier molecular flexibility index (Phi) is 5.20. The minimum Gasteiger partial charge on any atom is -0.106 e. The van der Waals surface area contributed by atoms with E-state index in [-0.39, 0.29) is 0 Å². The van der Waals surface area contributed by atoms with Crippen molar-refractivity contribution in [3.8, 4) is 23.7 Å². The van der Waals surface area contributed by atoms with Gasteiger partial charge in [-0.3, -0.25) is 0 Å². The molecule has 0 aliphatic carbocycles. The van der Waals surface area contributed by atoms with E-state index < -0.39 is 0 Å². The van der Waals surface area contributed by atoms with Crippen LogP contribution in [0.5, 0.6) is 0 Å². The summed E-state index contributed by atoms with van der Waals surface area (Å²) in [5.41, 5.74) is 4.18. The highest BCUT2D eigenvalue weighted by Crippen LogP contribution is 2.14. The molecular formula is C22H14S. The molecule has 0 radical (unpaired) electrons. The van der Waals surface area contributed by atoms with Gasteiger partial charge in [0.05, 0.1) is 0 Å². The molecule has 0 saturated heterocycles. The van der Waals surface area contributed by atoms with Gasteiger partial charge in [-0.2, -0.15) is 0 Å². The molecule has 0 bridgehead atoms. The number of thioether (sulfide) groups is 1. The maximum atomic E-state index is 3.14. The Balaban J connectivity index is 2.04. The van der Waals surface area contributed by atoms with E-state index in [0.29, 0.717) is 0 Å². The average Bonchev–Trinajstić information content (AvgIpc) is 2.60. The van der Waals surface area contributed by atoms with Crippen molar-refractivity contribution in [3.63, 3.8) is 0 Å². The Bertz CT molecular complexity index is 906. The fraction of sp³-hybridized carbons (Fsp3) is 0. The second-order valence-corrected chi connectivity index (χ2v) is 5.62. The van der Waals surface area contributed by atoms with E-state index in [1.807, 2.05) is 48.6 Å². The van der Waals surface area contributed by atoms with Crippen LogP contribution in [0, 0.1) is 23.7 Å². The molecule has 1 aliphatic rings. The first-order chi connectivity index (χ1) is 11.4. The number of fused-ring (bicyclic) bond motifs is 2. The summed E-state index contributed by atoms with van der Waals surface area (Å²) in [6, 6.07) is 16.2. The summed E-state index contributed by atoms with van der Waals surface area (Å²) in [5.74, 6) is 12.2. The molecule has 0 spiro atoms. The Morgan fingerprint density at radius 1 is 0.609 bits per heavy atom. The van der Waals surface area contributed by atoms with Crippen molar-refractivity contribution >= 4 is 23.9 Å². The number of hydrogen-bond acceptors (Lipinski definition) is 1. The first kappa shape index (κ1) is 15.0. The summed E-state index contributed by atoms with van der Waals surface area (Å²) < 4.78 is 0. The Morgan fingerprint density at radius 3 is 1.91 bits per heavy atom. The summed E-state index contributed by atoms with van der Waals surface area (Å²) in [5, 5.41) is 4.11. The molecule has 0 atom stereocenters. The quantitative estimate of drug-likeness (QED) is 0.592. The average molecular weight is 310 g/mol. The summed E-state index contributed by atoms with van der Waals surface area (Å²) in [4.78, 5) is 0. The van der Waals surface area contributed by atoms with Crippen molar-refractivity contribution in [1.82, 2.24) is 0 Å². The van der Waals surface area contributed by atoms with Gasteiger partial charge >= 0.3 is 0 Å². The smallest absolute Gasteiger partial charge is 0.0328 e. The summed E-state index contributed by atoms with van der Waals surface area (Å²) in [6.07, 6.45) is 8.19. The number of benzene rings is 2. The molecule has 0 N–H and O–H groups in total. The predicted octanol–water partition coefficient (Wildman–Crippen LogP) is 5.33. The molecular weight excluding hydrogens is 296 g/mol. The topological polar surface area (TPSA) is 0 Å². The van der Waals surface area contributed by atoms with Gasteiger partial charge in [-0.15, -0.1) is 11.8 Å². The Hall–Kier alpha value is -2.87. The number of hydrogen-bond donors (Lipinski definition) is 0. The van der Waals surface area contributed by atoms with E-state index in [4.69, 9.17) is 0 Å². The lowest BCUT2D eigenvalue weighted by Crippen LogP contribution is -1.81. The van der Waals surface area contributed by atoms with E-state index in [1.54, 1.807) is 11.8 Å². The lowest BCUT2D eigenvalue weighted by Gasteiger charge is -1.96. The molecule has 3 rings (SSSR count). The fourth-order valence-corrected chi connectivity index (χ4v) is 2.61. The summed E-state index contributed by atoms with van der Waals surface area (Å²) in [6.45, 7) is 0. The van der Waals surface area contributed by atoms with Crippen molar-refractivity contribution in [1.29, 1.82) is 0 Å². The third-order valence-electron chi connectivity index (χ3n) is 3.25. The van der Waals surface area contributed by atoms with E-state index in [0.717, 1.165) is 22.3 Å². The highest BCUT2D eigenvalue weighted by atomic mass is 32.2. The number of rotatable bonds is 0. The fourth-order valence-electron chi connectivity index (χ4n) is 2.12. The normalized spacial score (nSPS) is 12.5. The van der Waals surface area contributed by atoms with Gasteiger partial charge in [0.1, 0.15) is 0 Å². The van der Waals surface area contributed by atoms with Crippen LogP contribution in [0.1, 0.15) is 22.3 Å². The molecule has 0 saturated carbocycles. The molecule has 0 unspecified atom stereocenters. The zero-order valence-corrected chi connectivity index (χ0v) is 13.3. The molecule has 1 heterocycles. The number of allylic oxidation sites excluding steroid dienone is 2. The molecule has 0 aromatic heterocycles. The van der Waals surface area contributed by atoms with Crippen molar-refractivity contribution in [3.05, 3.63) is 93.8 Å². The third-order valence-corrected chi connectivity index (χ3v) is 3.86. The van der Waals surface area contributed by atoms with E-state index >= 15 is 0 Å². The van der Waals surface area contributed by atoms with Crippen LogP contribution in [-0.4, -0.2) is 0 Å².